The lowest BCUT2D eigenvalue weighted by Gasteiger charge is -2.35. The van der Waals surface area contributed by atoms with Crippen LogP contribution in [0.3, 0.4) is 0 Å². The summed E-state index contributed by atoms with van der Waals surface area (Å²) < 4.78 is 1.04. The average Bonchev–Trinajstić information content (AvgIpc) is 2.42. The van der Waals surface area contributed by atoms with Gasteiger partial charge in [0, 0.05) is 42.9 Å². The first-order valence-electron chi connectivity index (χ1n) is 7.34. The van der Waals surface area contributed by atoms with Crippen LogP contribution >= 0.6 is 15.9 Å². The minimum atomic E-state index is 0.107. The van der Waals surface area contributed by atoms with E-state index in [2.05, 4.69) is 49.0 Å². The molecule has 116 valence electrons. The number of piperazine rings is 1. The van der Waals surface area contributed by atoms with Gasteiger partial charge in [-0.3, -0.25) is 9.69 Å². The number of hydrogen-bond donors (Lipinski definition) is 1. The van der Waals surface area contributed by atoms with Gasteiger partial charge in [0.05, 0.1) is 6.54 Å². The fraction of sp³-hybridized carbons (Fsp3) is 0.600. The lowest BCUT2D eigenvalue weighted by Crippen LogP contribution is -2.50. The Hall–Kier alpha value is -1.14. The Balaban J connectivity index is 1.85. The van der Waals surface area contributed by atoms with Gasteiger partial charge >= 0.3 is 0 Å². The Bertz CT molecular complexity index is 498. The Morgan fingerprint density at radius 1 is 1.38 bits per heavy atom. The van der Waals surface area contributed by atoms with Gasteiger partial charge in [0.15, 0.2) is 0 Å². The van der Waals surface area contributed by atoms with Crippen molar-refractivity contribution in [1.82, 2.24) is 15.2 Å². The molecule has 0 spiro atoms. The Morgan fingerprint density at radius 3 is 2.62 bits per heavy atom. The highest BCUT2D eigenvalue weighted by Gasteiger charge is 2.20. The van der Waals surface area contributed by atoms with Gasteiger partial charge in [-0.15, -0.1) is 0 Å². The van der Waals surface area contributed by atoms with Crippen LogP contribution in [0.1, 0.15) is 19.4 Å². The number of rotatable bonds is 4. The van der Waals surface area contributed by atoms with Crippen LogP contribution in [0.2, 0.25) is 0 Å². The van der Waals surface area contributed by atoms with E-state index in [-0.39, 0.29) is 11.9 Å². The number of aryl methyl sites for hydroxylation is 1. The van der Waals surface area contributed by atoms with Crippen molar-refractivity contribution in [2.24, 2.45) is 0 Å². The van der Waals surface area contributed by atoms with Crippen LogP contribution in [0.4, 0.5) is 5.82 Å². The van der Waals surface area contributed by atoms with Gasteiger partial charge in [-0.2, -0.15) is 0 Å². The van der Waals surface area contributed by atoms with Crippen molar-refractivity contribution in [3.05, 3.63) is 22.3 Å². The molecule has 0 atom stereocenters. The van der Waals surface area contributed by atoms with Crippen LogP contribution in [0.15, 0.2) is 16.7 Å². The zero-order valence-corrected chi connectivity index (χ0v) is 14.5. The highest BCUT2D eigenvalue weighted by Crippen LogP contribution is 2.20. The van der Waals surface area contributed by atoms with E-state index in [1.807, 2.05) is 20.0 Å². The molecule has 2 rings (SSSR count). The summed E-state index contributed by atoms with van der Waals surface area (Å²) in [5.74, 6) is 1.12. The van der Waals surface area contributed by atoms with Crippen molar-refractivity contribution >= 4 is 27.7 Å². The molecule has 1 aliphatic heterocycles. The van der Waals surface area contributed by atoms with Gasteiger partial charge in [0.25, 0.3) is 0 Å². The molecule has 0 saturated carbocycles. The van der Waals surface area contributed by atoms with E-state index < -0.39 is 0 Å². The molecule has 1 saturated heterocycles. The van der Waals surface area contributed by atoms with E-state index in [4.69, 9.17) is 0 Å². The first-order chi connectivity index (χ1) is 9.95. The minimum Gasteiger partial charge on any atom is -0.354 e. The van der Waals surface area contributed by atoms with Gasteiger partial charge in [-0.25, -0.2) is 4.98 Å². The Labute approximate surface area is 134 Å². The summed E-state index contributed by atoms with van der Waals surface area (Å²) in [7, 11) is 0. The first kappa shape index (κ1) is 16.2. The summed E-state index contributed by atoms with van der Waals surface area (Å²) >= 11 is 3.48. The molecule has 1 aliphatic rings. The van der Waals surface area contributed by atoms with Crippen molar-refractivity contribution in [3.63, 3.8) is 0 Å². The predicted molar refractivity (Wildman–Crippen MR) is 88.6 cm³/mol. The van der Waals surface area contributed by atoms with Gasteiger partial charge in [-0.1, -0.05) is 0 Å². The number of aromatic nitrogens is 1. The maximum absolute atomic E-state index is 11.8. The van der Waals surface area contributed by atoms with Crippen LogP contribution in [0.5, 0.6) is 0 Å². The van der Waals surface area contributed by atoms with Crippen LogP contribution < -0.4 is 10.2 Å². The Morgan fingerprint density at radius 2 is 2.05 bits per heavy atom. The lowest BCUT2D eigenvalue weighted by atomic mass is 10.2. The van der Waals surface area contributed by atoms with Crippen LogP contribution in [0.25, 0.3) is 0 Å². The monoisotopic (exact) mass is 354 g/mol. The quantitative estimate of drug-likeness (QED) is 0.895. The minimum absolute atomic E-state index is 0.107. The van der Waals surface area contributed by atoms with E-state index in [0.29, 0.717) is 6.54 Å². The largest absolute Gasteiger partial charge is 0.354 e. The molecule has 1 N–H and O–H groups in total. The summed E-state index contributed by atoms with van der Waals surface area (Å²) in [5.41, 5.74) is 1.19. The highest BCUT2D eigenvalue weighted by molar-refractivity contribution is 9.10. The second-order valence-electron chi connectivity index (χ2n) is 5.78. The SMILES string of the molecule is Cc1cc(N2CCN(CC(=O)NC(C)C)CC2)ncc1Br. The first-order valence-corrected chi connectivity index (χ1v) is 8.14. The number of amides is 1. The molecule has 0 unspecified atom stereocenters. The number of pyridine rings is 1. The molecular weight excluding hydrogens is 332 g/mol. The van der Waals surface area contributed by atoms with Crippen molar-refractivity contribution < 1.29 is 4.79 Å². The fourth-order valence-electron chi connectivity index (χ4n) is 2.40. The van der Waals surface area contributed by atoms with Gasteiger partial charge in [0.2, 0.25) is 5.91 Å². The molecular formula is C15H23BrN4O. The lowest BCUT2D eigenvalue weighted by molar-refractivity contribution is -0.122. The second-order valence-corrected chi connectivity index (χ2v) is 6.63. The smallest absolute Gasteiger partial charge is 0.234 e. The predicted octanol–water partition coefficient (Wildman–Crippen LogP) is 1.80. The Kier molecular flexibility index (Phi) is 5.58. The zero-order valence-electron chi connectivity index (χ0n) is 12.9. The summed E-state index contributed by atoms with van der Waals surface area (Å²) in [6.07, 6.45) is 1.85. The van der Waals surface area contributed by atoms with E-state index in [0.717, 1.165) is 36.5 Å². The molecule has 0 aromatic carbocycles. The molecule has 0 aliphatic carbocycles. The van der Waals surface area contributed by atoms with Gasteiger partial charge < -0.3 is 10.2 Å². The molecule has 1 amide bonds. The topological polar surface area (TPSA) is 48.5 Å². The number of carbonyl (C=O) groups is 1. The molecule has 2 heterocycles. The third kappa shape index (κ3) is 4.68. The van der Waals surface area contributed by atoms with Gasteiger partial charge in [0.1, 0.15) is 5.82 Å². The zero-order chi connectivity index (χ0) is 15.4. The van der Waals surface area contributed by atoms with Crippen molar-refractivity contribution in [3.8, 4) is 0 Å². The molecule has 1 aromatic rings. The van der Waals surface area contributed by atoms with Crippen molar-refractivity contribution in [2.45, 2.75) is 26.8 Å². The molecule has 1 fully saturated rings. The maximum atomic E-state index is 11.8. The third-order valence-corrected chi connectivity index (χ3v) is 4.38. The van der Waals surface area contributed by atoms with Crippen LogP contribution in [-0.4, -0.2) is 54.6 Å². The third-order valence-electron chi connectivity index (χ3n) is 3.55. The summed E-state index contributed by atoms with van der Waals surface area (Å²) in [6.45, 7) is 10.1. The van der Waals surface area contributed by atoms with E-state index >= 15 is 0 Å². The number of hydrogen-bond acceptors (Lipinski definition) is 4. The van der Waals surface area contributed by atoms with Gasteiger partial charge in [-0.05, 0) is 48.3 Å². The maximum Gasteiger partial charge on any atom is 0.234 e. The van der Waals surface area contributed by atoms with Crippen molar-refractivity contribution in [2.75, 3.05) is 37.6 Å². The highest BCUT2D eigenvalue weighted by atomic mass is 79.9. The van der Waals surface area contributed by atoms with E-state index in [1.165, 1.54) is 5.56 Å². The van der Waals surface area contributed by atoms with E-state index in [9.17, 15) is 4.79 Å². The summed E-state index contributed by atoms with van der Waals surface area (Å²) in [5, 5.41) is 2.93. The molecule has 21 heavy (non-hydrogen) atoms. The second kappa shape index (κ2) is 7.22. The molecule has 1 aromatic heterocycles. The average molecular weight is 355 g/mol. The van der Waals surface area contributed by atoms with Crippen LogP contribution in [0, 0.1) is 6.92 Å². The van der Waals surface area contributed by atoms with Crippen LogP contribution in [-0.2, 0) is 4.79 Å². The molecule has 0 bridgehead atoms. The normalized spacial score (nSPS) is 16.3. The number of carbonyl (C=O) groups excluding carboxylic acids is 1. The number of nitrogens with zero attached hydrogens (tertiary/aromatic N) is 3. The molecule has 0 radical (unpaired) electrons. The number of nitrogens with one attached hydrogen (secondary N) is 1. The standard InChI is InChI=1S/C15H23BrN4O/c1-11(2)18-15(21)10-19-4-6-20(7-5-19)14-8-12(3)13(16)9-17-14/h8-9,11H,4-7,10H2,1-3H3,(H,18,21). The summed E-state index contributed by atoms with van der Waals surface area (Å²) in [4.78, 5) is 20.7. The summed E-state index contributed by atoms with van der Waals surface area (Å²) in [6, 6.07) is 2.30. The van der Waals surface area contributed by atoms with Crippen molar-refractivity contribution in [1.29, 1.82) is 0 Å². The number of anilines is 1. The molecule has 5 nitrogen and oxygen atoms in total. The fourth-order valence-corrected chi connectivity index (χ4v) is 2.62. The van der Waals surface area contributed by atoms with E-state index in [1.54, 1.807) is 0 Å². The molecule has 6 heteroatoms. The number of halogens is 1.